The first-order chi connectivity index (χ1) is 13.2. The molecule has 0 amide bonds. The first-order valence-electron chi connectivity index (χ1n) is 9.41. The Morgan fingerprint density at radius 1 is 0.630 bits per heavy atom. The van der Waals surface area contributed by atoms with E-state index in [-0.39, 0.29) is 5.41 Å². The van der Waals surface area contributed by atoms with Crippen molar-refractivity contribution < 1.29 is 0 Å². The summed E-state index contributed by atoms with van der Waals surface area (Å²) < 4.78 is 0. The molecular weight excluding hydrogens is 326 g/mol. The molecule has 0 unspecified atom stereocenters. The molecule has 5 rings (SSSR count). The Morgan fingerprint density at radius 3 is 2.19 bits per heavy atom. The Kier molecular flexibility index (Phi) is 3.51. The zero-order valence-corrected chi connectivity index (χ0v) is 15.6. The molecular formula is C26H21N. The molecule has 1 aromatic heterocycles. The van der Waals surface area contributed by atoms with E-state index in [0.717, 1.165) is 11.3 Å². The van der Waals surface area contributed by atoms with E-state index in [2.05, 4.69) is 91.6 Å². The van der Waals surface area contributed by atoms with E-state index in [1.807, 2.05) is 18.3 Å². The molecule has 3 aromatic carbocycles. The zero-order chi connectivity index (χ0) is 18.4. The highest BCUT2D eigenvalue weighted by molar-refractivity contribution is 5.93. The summed E-state index contributed by atoms with van der Waals surface area (Å²) in [5.74, 6) is 0. The number of fused-ring (bicyclic) bond motifs is 3. The van der Waals surface area contributed by atoms with Gasteiger partial charge in [-0.1, -0.05) is 80.6 Å². The second kappa shape index (κ2) is 5.92. The van der Waals surface area contributed by atoms with Gasteiger partial charge < -0.3 is 0 Å². The SMILES string of the molecule is CC1(C)c2ccccc2-c2c(-c3cccc(-c4ccccn4)c3)cccc21. The molecule has 4 aromatic rings. The van der Waals surface area contributed by atoms with Gasteiger partial charge >= 0.3 is 0 Å². The number of hydrogen-bond donors (Lipinski definition) is 0. The Morgan fingerprint density at radius 2 is 1.33 bits per heavy atom. The van der Waals surface area contributed by atoms with Crippen molar-refractivity contribution in [1.82, 2.24) is 4.98 Å². The van der Waals surface area contributed by atoms with Crippen LogP contribution in [0.2, 0.25) is 0 Å². The molecule has 1 aliphatic rings. The quantitative estimate of drug-likeness (QED) is 0.392. The first kappa shape index (κ1) is 16.0. The second-order valence-corrected chi connectivity index (χ2v) is 7.69. The average Bonchev–Trinajstić information content (AvgIpc) is 2.97. The third-order valence-electron chi connectivity index (χ3n) is 5.74. The lowest BCUT2D eigenvalue weighted by Crippen LogP contribution is -2.14. The van der Waals surface area contributed by atoms with E-state index < -0.39 is 0 Å². The average molecular weight is 347 g/mol. The molecule has 1 heterocycles. The largest absolute Gasteiger partial charge is 0.256 e. The Balaban J connectivity index is 1.74. The minimum atomic E-state index is 0.0283. The number of nitrogens with zero attached hydrogens (tertiary/aromatic N) is 1. The van der Waals surface area contributed by atoms with Crippen LogP contribution in [-0.4, -0.2) is 4.98 Å². The molecule has 0 saturated heterocycles. The third kappa shape index (κ3) is 2.43. The van der Waals surface area contributed by atoms with Crippen LogP contribution < -0.4 is 0 Å². The Hall–Kier alpha value is -3.19. The van der Waals surface area contributed by atoms with Crippen molar-refractivity contribution in [3.8, 4) is 33.5 Å². The number of aromatic nitrogens is 1. The maximum Gasteiger partial charge on any atom is 0.0702 e. The fraction of sp³-hybridized carbons (Fsp3) is 0.115. The van der Waals surface area contributed by atoms with Gasteiger partial charge in [0.05, 0.1) is 5.69 Å². The summed E-state index contributed by atoms with van der Waals surface area (Å²) in [5, 5.41) is 0. The summed E-state index contributed by atoms with van der Waals surface area (Å²) in [4.78, 5) is 4.52. The number of benzene rings is 3. The Bertz CT molecular complexity index is 1140. The van der Waals surface area contributed by atoms with Crippen LogP contribution >= 0.6 is 0 Å². The molecule has 1 nitrogen and oxygen atoms in total. The van der Waals surface area contributed by atoms with Gasteiger partial charge in [0.2, 0.25) is 0 Å². The standard InChI is InChI=1S/C26H21N/c1-26(2)22-13-4-3-11-21(22)25-20(12-8-14-23(25)26)18-9-7-10-19(17-18)24-15-5-6-16-27-24/h3-17H,1-2H3. The highest BCUT2D eigenvalue weighted by Crippen LogP contribution is 2.51. The monoisotopic (exact) mass is 347 g/mol. The fourth-order valence-corrected chi connectivity index (χ4v) is 4.37. The van der Waals surface area contributed by atoms with Crippen molar-refractivity contribution in [2.75, 3.05) is 0 Å². The van der Waals surface area contributed by atoms with Crippen LogP contribution in [0.5, 0.6) is 0 Å². The minimum Gasteiger partial charge on any atom is -0.256 e. The molecule has 1 heteroatoms. The summed E-state index contributed by atoms with van der Waals surface area (Å²) in [6.07, 6.45) is 1.85. The molecule has 130 valence electrons. The van der Waals surface area contributed by atoms with E-state index >= 15 is 0 Å². The summed E-state index contributed by atoms with van der Waals surface area (Å²) in [6, 6.07) is 30.3. The van der Waals surface area contributed by atoms with Crippen molar-refractivity contribution in [2.24, 2.45) is 0 Å². The maximum absolute atomic E-state index is 4.52. The van der Waals surface area contributed by atoms with Gasteiger partial charge in [0.1, 0.15) is 0 Å². The molecule has 0 N–H and O–H groups in total. The molecule has 0 radical (unpaired) electrons. The van der Waals surface area contributed by atoms with Gasteiger partial charge in [0.15, 0.2) is 0 Å². The Labute approximate surface area is 160 Å². The van der Waals surface area contributed by atoms with E-state index in [4.69, 9.17) is 0 Å². The first-order valence-corrected chi connectivity index (χ1v) is 9.41. The molecule has 0 aliphatic heterocycles. The van der Waals surface area contributed by atoms with Crippen molar-refractivity contribution in [3.05, 3.63) is 102 Å². The molecule has 0 fully saturated rings. The predicted octanol–water partition coefficient (Wildman–Crippen LogP) is 6.72. The van der Waals surface area contributed by atoms with Gasteiger partial charge in [0.25, 0.3) is 0 Å². The van der Waals surface area contributed by atoms with E-state index in [0.29, 0.717) is 0 Å². The molecule has 1 aliphatic carbocycles. The van der Waals surface area contributed by atoms with Crippen molar-refractivity contribution in [1.29, 1.82) is 0 Å². The lowest BCUT2D eigenvalue weighted by molar-refractivity contribution is 0.660. The van der Waals surface area contributed by atoms with Crippen molar-refractivity contribution >= 4 is 0 Å². The van der Waals surface area contributed by atoms with Gasteiger partial charge in [-0.25, -0.2) is 0 Å². The highest BCUT2D eigenvalue weighted by atomic mass is 14.7. The smallest absolute Gasteiger partial charge is 0.0702 e. The van der Waals surface area contributed by atoms with Crippen molar-refractivity contribution in [2.45, 2.75) is 19.3 Å². The van der Waals surface area contributed by atoms with E-state index in [9.17, 15) is 0 Å². The van der Waals surface area contributed by atoms with Crippen LogP contribution in [0.15, 0.2) is 91.1 Å². The molecule has 0 atom stereocenters. The van der Waals surface area contributed by atoms with Gasteiger partial charge in [-0.3, -0.25) is 4.98 Å². The van der Waals surface area contributed by atoms with Crippen LogP contribution in [0.4, 0.5) is 0 Å². The summed E-state index contributed by atoms with van der Waals surface area (Å²) >= 11 is 0. The zero-order valence-electron chi connectivity index (χ0n) is 15.6. The van der Waals surface area contributed by atoms with Gasteiger partial charge in [0, 0.05) is 17.2 Å². The van der Waals surface area contributed by atoms with E-state index in [1.54, 1.807) is 0 Å². The van der Waals surface area contributed by atoms with Crippen LogP contribution in [0.25, 0.3) is 33.5 Å². The molecule has 27 heavy (non-hydrogen) atoms. The van der Waals surface area contributed by atoms with Crippen LogP contribution in [0.1, 0.15) is 25.0 Å². The second-order valence-electron chi connectivity index (χ2n) is 7.69. The molecule has 0 spiro atoms. The van der Waals surface area contributed by atoms with Crippen LogP contribution in [0.3, 0.4) is 0 Å². The maximum atomic E-state index is 4.52. The van der Waals surface area contributed by atoms with Crippen molar-refractivity contribution in [3.63, 3.8) is 0 Å². The minimum absolute atomic E-state index is 0.0283. The lowest BCUT2D eigenvalue weighted by atomic mass is 9.82. The molecule has 0 saturated carbocycles. The van der Waals surface area contributed by atoms with E-state index in [1.165, 1.54) is 33.4 Å². The number of hydrogen-bond acceptors (Lipinski definition) is 1. The third-order valence-corrected chi connectivity index (χ3v) is 5.74. The topological polar surface area (TPSA) is 12.9 Å². The van der Waals surface area contributed by atoms with Gasteiger partial charge in [-0.05, 0) is 51.6 Å². The van der Waals surface area contributed by atoms with Crippen LogP contribution in [0, 0.1) is 0 Å². The predicted molar refractivity (Wildman–Crippen MR) is 113 cm³/mol. The van der Waals surface area contributed by atoms with Gasteiger partial charge in [-0.2, -0.15) is 0 Å². The number of pyridine rings is 1. The normalized spacial score (nSPS) is 13.9. The number of rotatable bonds is 2. The summed E-state index contributed by atoms with van der Waals surface area (Å²) in [6.45, 7) is 4.65. The summed E-state index contributed by atoms with van der Waals surface area (Å²) in [5.41, 5.74) is 10.3. The van der Waals surface area contributed by atoms with Crippen LogP contribution in [-0.2, 0) is 5.41 Å². The summed E-state index contributed by atoms with van der Waals surface area (Å²) in [7, 11) is 0. The lowest BCUT2D eigenvalue weighted by Gasteiger charge is -2.21. The van der Waals surface area contributed by atoms with Gasteiger partial charge in [-0.15, -0.1) is 0 Å². The molecule has 0 bridgehead atoms. The fourth-order valence-electron chi connectivity index (χ4n) is 4.37. The highest BCUT2D eigenvalue weighted by Gasteiger charge is 2.36.